The van der Waals surface area contributed by atoms with Crippen molar-refractivity contribution in [2.45, 2.75) is 62.2 Å². The van der Waals surface area contributed by atoms with E-state index in [1.54, 1.807) is 7.05 Å². The average Bonchev–Trinajstić information content (AvgIpc) is 3.89. The maximum atomic E-state index is 14.2. The number of aliphatic hydroxyl groups is 2. The molecule has 1 spiro atoms. The zero-order chi connectivity index (χ0) is 33.6. The third-order valence-electron chi connectivity index (χ3n) is 9.52. The first-order valence-corrected chi connectivity index (χ1v) is 18.2. The fourth-order valence-electron chi connectivity index (χ4n) is 6.73. The number of hydrogen-bond acceptors (Lipinski definition) is 7. The Bertz CT molecular complexity index is 1620. The summed E-state index contributed by atoms with van der Waals surface area (Å²) >= 11 is 0. The second-order valence-electron chi connectivity index (χ2n) is 12.7. The van der Waals surface area contributed by atoms with E-state index in [1.807, 2.05) is 121 Å². The molecule has 2 fully saturated rings. The first-order valence-electron chi connectivity index (χ1n) is 16.5. The highest BCUT2D eigenvalue weighted by Crippen LogP contribution is 2.59. The molecule has 0 radical (unpaired) electrons. The van der Waals surface area contributed by atoms with Crippen LogP contribution in [0.15, 0.2) is 121 Å². The minimum atomic E-state index is -3.55. The van der Waals surface area contributed by atoms with Gasteiger partial charge in [-0.25, -0.2) is 10.2 Å². The number of urea groups is 1. The van der Waals surface area contributed by atoms with Crippen molar-refractivity contribution < 1.29 is 28.6 Å². The molecule has 9 nitrogen and oxygen atoms in total. The van der Waals surface area contributed by atoms with Crippen LogP contribution in [0.4, 0.5) is 4.79 Å². The van der Waals surface area contributed by atoms with Crippen LogP contribution in [-0.4, -0.2) is 69.7 Å². The van der Waals surface area contributed by atoms with Crippen molar-refractivity contribution in [1.82, 2.24) is 15.3 Å². The molecule has 1 saturated heterocycles. The van der Waals surface area contributed by atoms with Gasteiger partial charge in [-0.1, -0.05) is 121 Å². The number of nitrogens with zero attached hydrogens (tertiary/aromatic N) is 2. The van der Waals surface area contributed by atoms with Gasteiger partial charge in [0.15, 0.2) is 0 Å². The third kappa shape index (κ3) is 7.57. The number of hydrazine groups is 1. The second-order valence-corrected chi connectivity index (χ2v) is 14.9. The molecular formula is C38H44N3O6P. The number of benzene rings is 4. The Labute approximate surface area is 282 Å². The maximum Gasteiger partial charge on any atom is 0.335 e. The number of hydrogen-bond donors (Lipinski definition) is 3. The van der Waals surface area contributed by atoms with E-state index in [0.717, 1.165) is 22.3 Å². The molecule has 4 aromatic carbocycles. The zero-order valence-electron chi connectivity index (χ0n) is 27.2. The van der Waals surface area contributed by atoms with Gasteiger partial charge >= 0.3 is 13.6 Å². The Kier molecular flexibility index (Phi) is 10.8. The number of amides is 2. The lowest BCUT2D eigenvalue weighted by Crippen LogP contribution is -2.58. The summed E-state index contributed by atoms with van der Waals surface area (Å²) in [7, 11) is -1.88. The lowest BCUT2D eigenvalue weighted by Gasteiger charge is -2.36. The van der Waals surface area contributed by atoms with Gasteiger partial charge in [-0.2, -0.15) is 0 Å². The van der Waals surface area contributed by atoms with Gasteiger partial charge in [-0.15, -0.1) is 0 Å². The van der Waals surface area contributed by atoms with Crippen molar-refractivity contribution in [3.05, 3.63) is 144 Å². The van der Waals surface area contributed by atoms with E-state index in [2.05, 4.69) is 5.43 Å². The first-order chi connectivity index (χ1) is 23.3. The number of likely N-dealkylation sites (N-methyl/N-ethyl adjacent to an activating group) is 1. The van der Waals surface area contributed by atoms with E-state index in [0.29, 0.717) is 19.3 Å². The zero-order valence-corrected chi connectivity index (χ0v) is 28.1. The third-order valence-corrected chi connectivity index (χ3v) is 11.4. The Morgan fingerprint density at radius 2 is 1.29 bits per heavy atom. The number of rotatable bonds is 14. The van der Waals surface area contributed by atoms with E-state index in [1.165, 1.54) is 9.91 Å². The smallest absolute Gasteiger partial charge is 0.335 e. The van der Waals surface area contributed by atoms with Crippen molar-refractivity contribution in [3.63, 3.8) is 0 Å². The molecule has 3 N–H and O–H groups in total. The highest BCUT2D eigenvalue weighted by molar-refractivity contribution is 7.53. The summed E-state index contributed by atoms with van der Waals surface area (Å²) in [6, 6.07) is 37.5. The van der Waals surface area contributed by atoms with Crippen molar-refractivity contribution in [1.29, 1.82) is 0 Å². The van der Waals surface area contributed by atoms with E-state index in [9.17, 15) is 19.6 Å². The quantitative estimate of drug-likeness (QED) is 0.109. The molecule has 10 heteroatoms. The fourth-order valence-corrected chi connectivity index (χ4v) is 8.30. The van der Waals surface area contributed by atoms with Gasteiger partial charge in [0.1, 0.15) is 12.2 Å². The van der Waals surface area contributed by atoms with Crippen LogP contribution in [0, 0.1) is 0 Å². The largest absolute Gasteiger partial charge is 0.388 e. The monoisotopic (exact) mass is 669 g/mol. The molecule has 0 aromatic heterocycles. The molecule has 5 atom stereocenters. The topological polar surface area (TPSA) is 112 Å². The summed E-state index contributed by atoms with van der Waals surface area (Å²) < 4.78 is 26.0. The van der Waals surface area contributed by atoms with E-state index in [-0.39, 0.29) is 37.9 Å². The van der Waals surface area contributed by atoms with Gasteiger partial charge < -0.3 is 24.2 Å². The lowest BCUT2D eigenvalue weighted by molar-refractivity contribution is -0.0539. The summed E-state index contributed by atoms with van der Waals surface area (Å²) in [5.74, 6) is -0.182. The first kappa shape index (κ1) is 34.1. The van der Waals surface area contributed by atoms with Crippen LogP contribution in [0.1, 0.15) is 41.0 Å². The number of nitrogens with one attached hydrogen (secondary N) is 1. The van der Waals surface area contributed by atoms with E-state index < -0.39 is 31.4 Å². The fraction of sp³-hybridized carbons (Fsp3) is 0.342. The van der Waals surface area contributed by atoms with Gasteiger partial charge in [0.05, 0.1) is 31.0 Å². The van der Waals surface area contributed by atoms with Gasteiger partial charge in [-0.05, 0) is 41.5 Å². The van der Waals surface area contributed by atoms with Crippen LogP contribution in [0.2, 0.25) is 0 Å². The summed E-state index contributed by atoms with van der Waals surface area (Å²) in [6.07, 6.45) is -1.04. The van der Waals surface area contributed by atoms with Gasteiger partial charge in [-0.3, -0.25) is 9.57 Å². The van der Waals surface area contributed by atoms with Crippen molar-refractivity contribution >= 4 is 13.6 Å². The minimum absolute atomic E-state index is 0.120. The molecule has 0 bridgehead atoms. The molecule has 4 aromatic rings. The molecule has 2 amide bonds. The molecular weight excluding hydrogens is 625 g/mol. The van der Waals surface area contributed by atoms with Crippen LogP contribution >= 0.6 is 7.60 Å². The standard InChI is InChI=1S/C38H44N3O6P/c1-40-34(25-29-15-6-2-7-16-29)35(42)36(43)38(26-33(38)32-21-12-5-13-22-32)41(37(40)44)39-23-14-24-48(45,46-27-30-17-8-3-9-18-30)47-28-31-19-10-4-11-20-31/h2-13,15-22,33-36,39,42-43H,14,23-28H2,1H3/t33?,34-,35+,36-,38+/m1/s1. The van der Waals surface area contributed by atoms with Crippen LogP contribution in [0.3, 0.4) is 0 Å². The number of carbonyl (C=O) groups excluding carboxylic acids is 1. The highest BCUT2D eigenvalue weighted by Gasteiger charge is 2.69. The summed E-state index contributed by atoms with van der Waals surface area (Å²) in [5, 5.41) is 25.0. The van der Waals surface area contributed by atoms with Crippen LogP contribution in [0.5, 0.6) is 0 Å². The average molecular weight is 670 g/mol. The molecule has 1 aliphatic heterocycles. The molecule has 1 heterocycles. The number of aliphatic hydroxyl groups excluding tert-OH is 2. The highest BCUT2D eigenvalue weighted by atomic mass is 31.2. The van der Waals surface area contributed by atoms with E-state index >= 15 is 0 Å². The van der Waals surface area contributed by atoms with E-state index in [4.69, 9.17) is 9.05 Å². The van der Waals surface area contributed by atoms with Crippen LogP contribution < -0.4 is 5.43 Å². The predicted molar refractivity (Wildman–Crippen MR) is 185 cm³/mol. The predicted octanol–water partition coefficient (Wildman–Crippen LogP) is 6.13. The number of carbonyl (C=O) groups is 1. The van der Waals surface area contributed by atoms with Gasteiger partial charge in [0.25, 0.3) is 0 Å². The van der Waals surface area contributed by atoms with Crippen molar-refractivity contribution in [2.24, 2.45) is 0 Å². The lowest BCUT2D eigenvalue weighted by atomic mass is 9.91. The minimum Gasteiger partial charge on any atom is -0.388 e. The summed E-state index contributed by atoms with van der Waals surface area (Å²) in [4.78, 5) is 15.8. The normalized spacial score (nSPS) is 24.1. The maximum absolute atomic E-state index is 14.2. The van der Waals surface area contributed by atoms with Gasteiger partial charge in [0, 0.05) is 19.5 Å². The van der Waals surface area contributed by atoms with Gasteiger partial charge in [0.2, 0.25) is 0 Å². The molecule has 1 aliphatic carbocycles. The molecule has 6 rings (SSSR count). The SMILES string of the molecule is CN1C(=O)N(NCCCP(=O)(OCc2ccccc2)OCc2ccccc2)[C@]2(CC2c2ccccc2)[C@H](O)[C@@H](O)[C@H]1Cc1ccccc1. The Morgan fingerprint density at radius 1 is 0.792 bits per heavy atom. The Balaban J connectivity index is 1.19. The molecule has 1 unspecified atom stereocenters. The molecule has 2 aliphatic rings. The van der Waals surface area contributed by atoms with Crippen molar-refractivity contribution in [2.75, 3.05) is 19.8 Å². The molecule has 48 heavy (non-hydrogen) atoms. The Hall–Kier alpha value is -3.82. The van der Waals surface area contributed by atoms with Crippen molar-refractivity contribution in [3.8, 4) is 0 Å². The molecule has 252 valence electrons. The Morgan fingerprint density at radius 3 is 1.83 bits per heavy atom. The summed E-state index contributed by atoms with van der Waals surface area (Å²) in [6.45, 7) is 0.553. The van der Waals surface area contributed by atoms with Crippen LogP contribution in [0.25, 0.3) is 0 Å². The second kappa shape index (κ2) is 15.2. The summed E-state index contributed by atoms with van der Waals surface area (Å²) in [5.41, 5.74) is 5.95. The van der Waals surface area contributed by atoms with Crippen LogP contribution in [-0.2, 0) is 33.2 Å². The molecule has 1 saturated carbocycles.